The van der Waals surface area contributed by atoms with Gasteiger partial charge in [-0.2, -0.15) is 0 Å². The third-order valence-electron chi connectivity index (χ3n) is 3.12. The highest BCUT2D eigenvalue weighted by Crippen LogP contribution is 2.02. The fourth-order valence-electron chi connectivity index (χ4n) is 1.86. The molecule has 0 fully saturated rings. The maximum absolute atomic E-state index is 11.6. The summed E-state index contributed by atoms with van der Waals surface area (Å²) in [7, 11) is 0. The number of aliphatic carboxylic acids is 1. The van der Waals surface area contributed by atoms with Crippen LogP contribution in [-0.4, -0.2) is 23.2 Å². The topological polar surface area (TPSA) is 75.6 Å². The monoisotopic (exact) mass is 317 g/mol. The molecule has 0 aliphatic rings. The number of carboxylic acid groups (broad SMARTS) is 1. The summed E-state index contributed by atoms with van der Waals surface area (Å²) >= 11 is 0. The lowest BCUT2D eigenvalue weighted by atomic mass is 10.1. The van der Waals surface area contributed by atoms with Crippen LogP contribution in [0.1, 0.15) is 44.6 Å². The Morgan fingerprint density at radius 2 is 1.96 bits per heavy atom. The van der Waals surface area contributed by atoms with Crippen LogP contribution in [-0.2, 0) is 16.1 Å². The van der Waals surface area contributed by atoms with Crippen LogP contribution < -0.4 is 5.32 Å². The Morgan fingerprint density at radius 3 is 2.61 bits per heavy atom. The van der Waals surface area contributed by atoms with Crippen molar-refractivity contribution in [3.8, 4) is 11.8 Å². The number of unbranched alkanes of at least 4 members (excludes halogenated alkanes) is 4. The van der Waals surface area contributed by atoms with Gasteiger partial charge in [-0.15, -0.1) is 5.92 Å². The van der Waals surface area contributed by atoms with Gasteiger partial charge in [-0.05, 0) is 12.0 Å². The number of carbonyl (C=O) groups excluding carboxylic acids is 1. The highest BCUT2D eigenvalue weighted by atomic mass is 16.5. The van der Waals surface area contributed by atoms with Gasteiger partial charge in [0, 0.05) is 6.42 Å². The molecule has 1 aromatic carbocycles. The highest BCUT2D eigenvalue weighted by molar-refractivity contribution is 5.83. The van der Waals surface area contributed by atoms with Crippen LogP contribution in [0.3, 0.4) is 0 Å². The van der Waals surface area contributed by atoms with E-state index in [0.29, 0.717) is 6.42 Å². The first kappa shape index (κ1) is 18.6. The summed E-state index contributed by atoms with van der Waals surface area (Å²) in [6.07, 6.45) is 4.14. The lowest BCUT2D eigenvalue weighted by Gasteiger charge is -2.09. The van der Waals surface area contributed by atoms with E-state index in [1.54, 1.807) is 0 Å². The number of carbonyl (C=O) groups is 2. The minimum Gasteiger partial charge on any atom is -0.479 e. The van der Waals surface area contributed by atoms with Gasteiger partial charge in [0.2, 0.25) is 0 Å². The molecule has 0 bridgehead atoms. The van der Waals surface area contributed by atoms with Gasteiger partial charge in [-0.3, -0.25) is 5.32 Å². The fraction of sp³-hybridized carbons (Fsp3) is 0.444. The van der Waals surface area contributed by atoms with Crippen LogP contribution in [0.25, 0.3) is 0 Å². The Morgan fingerprint density at radius 1 is 1.22 bits per heavy atom. The maximum atomic E-state index is 11.6. The number of hydrogen-bond donors (Lipinski definition) is 2. The zero-order chi connectivity index (χ0) is 16.9. The third kappa shape index (κ3) is 8.52. The number of hydrogen-bond acceptors (Lipinski definition) is 3. The minimum atomic E-state index is -1.25. The van der Waals surface area contributed by atoms with Crippen LogP contribution >= 0.6 is 0 Å². The molecule has 0 heterocycles. The van der Waals surface area contributed by atoms with Crippen molar-refractivity contribution in [2.24, 2.45) is 0 Å². The van der Waals surface area contributed by atoms with Gasteiger partial charge >= 0.3 is 12.1 Å². The van der Waals surface area contributed by atoms with Crippen LogP contribution in [0.4, 0.5) is 4.79 Å². The van der Waals surface area contributed by atoms with Crippen molar-refractivity contribution in [3.05, 3.63) is 35.9 Å². The van der Waals surface area contributed by atoms with Gasteiger partial charge in [0.1, 0.15) is 6.61 Å². The van der Waals surface area contributed by atoms with E-state index >= 15 is 0 Å². The van der Waals surface area contributed by atoms with Crippen molar-refractivity contribution in [2.45, 2.75) is 51.7 Å². The summed E-state index contributed by atoms with van der Waals surface area (Å²) < 4.78 is 4.99. The van der Waals surface area contributed by atoms with Gasteiger partial charge in [-0.1, -0.05) is 62.4 Å². The van der Waals surface area contributed by atoms with E-state index in [4.69, 9.17) is 9.84 Å². The van der Waals surface area contributed by atoms with Crippen molar-refractivity contribution < 1.29 is 19.4 Å². The van der Waals surface area contributed by atoms with E-state index in [0.717, 1.165) is 31.2 Å². The normalized spacial score (nSPS) is 11.0. The SMILES string of the molecule is CCCCCCC#CC(NC(=O)OCc1ccccc1)C(=O)O. The van der Waals surface area contributed by atoms with Crippen LogP contribution in [0.15, 0.2) is 30.3 Å². The number of carboxylic acids is 1. The van der Waals surface area contributed by atoms with Crippen molar-refractivity contribution in [1.82, 2.24) is 5.32 Å². The molecule has 0 saturated heterocycles. The van der Waals surface area contributed by atoms with E-state index in [9.17, 15) is 9.59 Å². The molecular formula is C18H23NO4. The Bertz CT molecular complexity index is 545. The molecule has 1 rings (SSSR count). The van der Waals surface area contributed by atoms with Gasteiger partial charge in [0.15, 0.2) is 6.04 Å². The van der Waals surface area contributed by atoms with E-state index in [1.807, 2.05) is 30.3 Å². The number of ether oxygens (including phenoxy) is 1. The second kappa shape index (κ2) is 11.1. The molecule has 0 radical (unpaired) electrons. The molecule has 0 aliphatic heterocycles. The number of rotatable bonds is 8. The summed E-state index contributed by atoms with van der Waals surface area (Å²) in [4.78, 5) is 22.7. The second-order valence-corrected chi connectivity index (χ2v) is 5.11. The molecule has 0 aliphatic carbocycles. The van der Waals surface area contributed by atoms with Gasteiger partial charge < -0.3 is 9.84 Å². The molecule has 0 saturated carbocycles. The third-order valence-corrected chi connectivity index (χ3v) is 3.12. The highest BCUT2D eigenvalue weighted by Gasteiger charge is 2.17. The molecule has 1 amide bonds. The molecule has 124 valence electrons. The molecular weight excluding hydrogens is 294 g/mol. The average Bonchev–Trinajstić information content (AvgIpc) is 2.55. The number of amides is 1. The fourth-order valence-corrected chi connectivity index (χ4v) is 1.86. The zero-order valence-electron chi connectivity index (χ0n) is 13.4. The Labute approximate surface area is 137 Å². The second-order valence-electron chi connectivity index (χ2n) is 5.11. The molecule has 0 aromatic heterocycles. The maximum Gasteiger partial charge on any atom is 0.408 e. The van der Waals surface area contributed by atoms with Crippen molar-refractivity contribution in [2.75, 3.05) is 0 Å². The number of alkyl carbamates (subject to hydrolysis) is 1. The van der Waals surface area contributed by atoms with E-state index in [2.05, 4.69) is 24.1 Å². The standard InChI is InChI=1S/C18H23NO4/c1-2-3-4-5-6-10-13-16(17(20)21)19-18(22)23-14-15-11-8-7-9-12-15/h7-9,11-12,16H,2-6,14H2,1H3,(H,19,22)(H,20,21). The quantitative estimate of drug-likeness (QED) is 0.569. The zero-order valence-corrected chi connectivity index (χ0v) is 13.4. The average molecular weight is 317 g/mol. The molecule has 1 unspecified atom stereocenters. The van der Waals surface area contributed by atoms with Crippen molar-refractivity contribution in [1.29, 1.82) is 0 Å². The number of nitrogens with one attached hydrogen (secondary N) is 1. The molecule has 0 spiro atoms. The molecule has 5 nitrogen and oxygen atoms in total. The van der Waals surface area contributed by atoms with Crippen molar-refractivity contribution >= 4 is 12.1 Å². The van der Waals surface area contributed by atoms with E-state index in [1.165, 1.54) is 0 Å². The molecule has 1 aromatic rings. The van der Waals surface area contributed by atoms with Crippen LogP contribution in [0.5, 0.6) is 0 Å². The molecule has 23 heavy (non-hydrogen) atoms. The largest absolute Gasteiger partial charge is 0.479 e. The minimum absolute atomic E-state index is 0.0868. The molecule has 5 heteroatoms. The summed E-state index contributed by atoms with van der Waals surface area (Å²) in [6, 6.07) is 7.92. The van der Waals surface area contributed by atoms with Crippen molar-refractivity contribution in [3.63, 3.8) is 0 Å². The summed E-state index contributed by atoms with van der Waals surface area (Å²) in [5.74, 6) is 4.18. The predicted octanol–water partition coefficient (Wildman–Crippen LogP) is 3.34. The Kier molecular flexibility index (Phi) is 8.99. The van der Waals surface area contributed by atoms with Crippen LogP contribution in [0, 0.1) is 11.8 Å². The summed E-state index contributed by atoms with van der Waals surface area (Å²) in [6.45, 7) is 2.21. The Hall–Kier alpha value is -2.48. The molecule has 2 N–H and O–H groups in total. The van der Waals surface area contributed by atoms with Gasteiger partial charge in [0.05, 0.1) is 0 Å². The molecule has 1 atom stereocenters. The van der Waals surface area contributed by atoms with Gasteiger partial charge in [-0.25, -0.2) is 9.59 Å². The first-order valence-corrected chi connectivity index (χ1v) is 7.82. The Balaban J connectivity index is 2.38. The summed E-state index contributed by atoms with van der Waals surface area (Å²) in [5, 5.41) is 11.3. The van der Waals surface area contributed by atoms with E-state index < -0.39 is 18.1 Å². The summed E-state index contributed by atoms with van der Waals surface area (Å²) in [5.41, 5.74) is 0.830. The lowest BCUT2D eigenvalue weighted by Crippen LogP contribution is -2.40. The van der Waals surface area contributed by atoms with E-state index in [-0.39, 0.29) is 6.61 Å². The first-order valence-electron chi connectivity index (χ1n) is 7.82. The van der Waals surface area contributed by atoms with Crippen LogP contribution in [0.2, 0.25) is 0 Å². The number of benzene rings is 1. The van der Waals surface area contributed by atoms with Gasteiger partial charge in [0.25, 0.3) is 0 Å². The first-order chi connectivity index (χ1) is 11.1. The lowest BCUT2D eigenvalue weighted by molar-refractivity contribution is -0.137. The smallest absolute Gasteiger partial charge is 0.408 e. The predicted molar refractivity (Wildman–Crippen MR) is 87.7 cm³/mol.